The van der Waals surface area contributed by atoms with Crippen molar-refractivity contribution in [3.63, 3.8) is 0 Å². The monoisotopic (exact) mass is 401 g/mol. The first-order chi connectivity index (χ1) is 13.8. The smallest absolute Gasteiger partial charge is 0.272 e. The summed E-state index contributed by atoms with van der Waals surface area (Å²) in [4.78, 5) is 43.2. The fourth-order valence-electron chi connectivity index (χ4n) is 2.78. The lowest BCUT2D eigenvalue weighted by Crippen LogP contribution is -2.52. The Bertz CT molecular complexity index is 678. The van der Waals surface area contributed by atoms with Crippen LogP contribution in [0.3, 0.4) is 0 Å². The molecular weight excluding hydrogens is 370 g/mol. The fraction of sp³-hybridized carbons (Fsp3) is 0.476. The van der Waals surface area contributed by atoms with E-state index in [-0.39, 0.29) is 18.2 Å². The van der Waals surface area contributed by atoms with Gasteiger partial charge in [-0.3, -0.25) is 19.4 Å². The number of carbonyl (C=O) groups is 3. The van der Waals surface area contributed by atoms with Gasteiger partial charge in [0.1, 0.15) is 11.7 Å². The summed E-state index contributed by atoms with van der Waals surface area (Å²) in [5, 5.41) is 5.19. The summed E-state index contributed by atoms with van der Waals surface area (Å²) in [5.41, 5.74) is 6.37. The predicted molar refractivity (Wildman–Crippen MR) is 112 cm³/mol. The number of carbonyl (C=O) groups excluding carboxylic acids is 3. The Morgan fingerprint density at radius 3 is 2.28 bits per heavy atom. The average Bonchev–Trinajstić information content (AvgIpc) is 2.72. The Balaban J connectivity index is 0.00000116. The van der Waals surface area contributed by atoms with Crippen LogP contribution >= 0.6 is 0 Å². The van der Waals surface area contributed by atoms with Crippen molar-refractivity contribution in [3.8, 4) is 12.8 Å². The zero-order chi connectivity index (χ0) is 22.2. The molecule has 1 aromatic heterocycles. The third-order valence-electron chi connectivity index (χ3n) is 3.92. The molecule has 8 nitrogen and oxygen atoms in total. The summed E-state index contributed by atoms with van der Waals surface area (Å²) >= 11 is 0. The van der Waals surface area contributed by atoms with E-state index in [1.165, 1.54) is 24.2 Å². The quantitative estimate of drug-likeness (QED) is 0.493. The largest absolute Gasteiger partial charge is 0.368 e. The molecule has 29 heavy (non-hydrogen) atoms. The van der Waals surface area contributed by atoms with Crippen LogP contribution in [0.15, 0.2) is 30.7 Å². The molecular formula is C21H31N5O3. The molecule has 1 aliphatic rings. The number of nitrogens with zero attached hydrogens (tertiary/aromatic N) is 2. The summed E-state index contributed by atoms with van der Waals surface area (Å²) < 4.78 is 0. The van der Waals surface area contributed by atoms with E-state index < -0.39 is 23.8 Å². The summed E-state index contributed by atoms with van der Waals surface area (Å²) in [7, 11) is 0. The molecule has 1 fully saturated rings. The molecule has 2 rings (SSSR count). The first-order valence-electron chi connectivity index (χ1n) is 9.39. The molecule has 1 unspecified atom stereocenters. The van der Waals surface area contributed by atoms with Crippen LogP contribution in [-0.4, -0.2) is 40.3 Å². The van der Waals surface area contributed by atoms with Gasteiger partial charge < -0.3 is 16.4 Å². The molecule has 1 aliphatic carbocycles. The topological polar surface area (TPSA) is 127 Å². The molecule has 0 aromatic carbocycles. The third kappa shape index (κ3) is 11.3. The van der Waals surface area contributed by atoms with Crippen molar-refractivity contribution in [1.29, 1.82) is 0 Å². The maximum absolute atomic E-state index is 12.3. The van der Waals surface area contributed by atoms with Gasteiger partial charge in [0, 0.05) is 12.4 Å². The molecule has 158 valence electrons. The number of hydrogen-bond acceptors (Lipinski definition) is 5. The van der Waals surface area contributed by atoms with E-state index >= 15 is 0 Å². The van der Waals surface area contributed by atoms with Crippen LogP contribution in [0.25, 0.3) is 0 Å². The van der Waals surface area contributed by atoms with Crippen LogP contribution in [0.4, 0.5) is 0 Å². The van der Waals surface area contributed by atoms with Crippen molar-refractivity contribution < 1.29 is 14.4 Å². The summed E-state index contributed by atoms with van der Waals surface area (Å²) in [5.74, 6) is -1.44. The normalized spacial score (nSPS) is 13.9. The van der Waals surface area contributed by atoms with E-state index in [2.05, 4.69) is 40.0 Å². The molecule has 0 aliphatic heterocycles. The molecule has 1 saturated carbocycles. The Morgan fingerprint density at radius 1 is 1.21 bits per heavy atom. The number of nitrogens with two attached hydrogens (primary N) is 1. The van der Waals surface area contributed by atoms with Gasteiger partial charge in [0.25, 0.3) is 5.91 Å². The molecule has 0 spiro atoms. The van der Waals surface area contributed by atoms with E-state index in [0.717, 1.165) is 32.1 Å². The van der Waals surface area contributed by atoms with Crippen LogP contribution in [0.2, 0.25) is 0 Å². The minimum absolute atomic E-state index is 0.0391. The van der Waals surface area contributed by atoms with Gasteiger partial charge in [-0.15, -0.1) is 19.4 Å². The van der Waals surface area contributed by atoms with Crippen LogP contribution in [0.1, 0.15) is 56.4 Å². The number of primary amides is 1. The van der Waals surface area contributed by atoms with Crippen molar-refractivity contribution in [2.75, 3.05) is 6.54 Å². The van der Waals surface area contributed by atoms with Gasteiger partial charge in [0.05, 0.1) is 12.7 Å². The number of aromatic nitrogens is 2. The van der Waals surface area contributed by atoms with Crippen LogP contribution < -0.4 is 16.4 Å². The predicted octanol–water partition coefficient (Wildman–Crippen LogP) is 1.59. The van der Waals surface area contributed by atoms with E-state index in [4.69, 9.17) is 5.73 Å². The highest BCUT2D eigenvalue weighted by Gasteiger charge is 2.31. The summed E-state index contributed by atoms with van der Waals surface area (Å²) in [6, 6.07) is -0.704. The Morgan fingerprint density at radius 2 is 1.79 bits per heavy atom. The highest BCUT2D eigenvalue weighted by molar-refractivity contribution is 5.96. The molecule has 1 aromatic rings. The van der Waals surface area contributed by atoms with Gasteiger partial charge in [-0.05, 0) is 32.6 Å². The second-order valence-corrected chi connectivity index (χ2v) is 6.83. The lowest BCUT2D eigenvalue weighted by molar-refractivity contribution is -0.127. The minimum atomic E-state index is -0.704. The van der Waals surface area contributed by atoms with Crippen molar-refractivity contribution >= 4 is 17.7 Å². The zero-order valence-electron chi connectivity index (χ0n) is 17.2. The van der Waals surface area contributed by atoms with Crippen LogP contribution in [-0.2, 0) is 9.59 Å². The van der Waals surface area contributed by atoms with Crippen LogP contribution in [0, 0.1) is 18.8 Å². The SMILES string of the molecule is C#C.C=C(C)C.NC(=O)CNC(=O)C(NC(=O)c1cnccn1)C1CCCCC1. The van der Waals surface area contributed by atoms with Gasteiger partial charge in [-0.2, -0.15) is 0 Å². The van der Waals surface area contributed by atoms with Crippen molar-refractivity contribution in [1.82, 2.24) is 20.6 Å². The highest BCUT2D eigenvalue weighted by Crippen LogP contribution is 2.26. The maximum atomic E-state index is 12.3. The number of nitrogens with one attached hydrogen (secondary N) is 2. The van der Waals surface area contributed by atoms with E-state index in [9.17, 15) is 14.4 Å². The first kappa shape index (κ1) is 25.8. The minimum Gasteiger partial charge on any atom is -0.368 e. The number of hydrogen-bond donors (Lipinski definition) is 3. The summed E-state index contributed by atoms with van der Waals surface area (Å²) in [6.07, 6.45) is 17.1. The van der Waals surface area contributed by atoms with Gasteiger partial charge in [0.2, 0.25) is 11.8 Å². The van der Waals surface area contributed by atoms with Gasteiger partial charge in [0.15, 0.2) is 0 Å². The second kappa shape index (κ2) is 14.8. The highest BCUT2D eigenvalue weighted by atomic mass is 16.2. The van der Waals surface area contributed by atoms with Crippen molar-refractivity contribution in [3.05, 3.63) is 36.4 Å². The zero-order valence-corrected chi connectivity index (χ0v) is 17.2. The van der Waals surface area contributed by atoms with Crippen molar-refractivity contribution in [2.45, 2.75) is 52.0 Å². The molecule has 0 radical (unpaired) electrons. The first-order valence-corrected chi connectivity index (χ1v) is 9.39. The Hall–Kier alpha value is -3.21. The lowest BCUT2D eigenvalue weighted by atomic mass is 9.83. The maximum Gasteiger partial charge on any atom is 0.272 e. The van der Waals surface area contributed by atoms with Crippen molar-refractivity contribution in [2.24, 2.45) is 11.7 Å². The number of amides is 3. The number of allylic oxidation sites excluding steroid dienone is 1. The van der Waals surface area contributed by atoms with E-state index in [0.29, 0.717) is 0 Å². The molecule has 4 N–H and O–H groups in total. The van der Waals surface area contributed by atoms with E-state index in [1.807, 2.05) is 13.8 Å². The fourth-order valence-corrected chi connectivity index (χ4v) is 2.78. The molecule has 3 amide bonds. The number of terminal acetylenes is 1. The Kier molecular flexibility index (Phi) is 13.2. The lowest BCUT2D eigenvalue weighted by Gasteiger charge is -2.29. The van der Waals surface area contributed by atoms with E-state index in [1.54, 1.807) is 0 Å². The number of rotatable bonds is 6. The molecule has 1 heterocycles. The third-order valence-corrected chi connectivity index (χ3v) is 3.92. The molecule has 0 saturated heterocycles. The summed E-state index contributed by atoms with van der Waals surface area (Å²) in [6.45, 7) is 7.25. The van der Waals surface area contributed by atoms with Gasteiger partial charge >= 0.3 is 0 Å². The second-order valence-electron chi connectivity index (χ2n) is 6.83. The average molecular weight is 402 g/mol. The molecule has 0 bridgehead atoms. The standard InChI is InChI=1S/C15H21N5O3.C4H8.C2H2/c16-12(21)9-19-15(23)13(10-4-2-1-3-5-10)20-14(22)11-8-17-6-7-18-11;1-4(2)3;1-2/h6-8,10,13H,1-5,9H2,(H2,16,21)(H,19,23)(H,20,22);1H2,2-3H3;1-2H. The van der Waals surface area contributed by atoms with Gasteiger partial charge in [-0.1, -0.05) is 24.8 Å². The molecule has 8 heteroatoms. The van der Waals surface area contributed by atoms with Gasteiger partial charge in [-0.25, -0.2) is 4.98 Å². The molecule has 1 atom stereocenters. The Labute approximate surface area is 172 Å². The van der Waals surface area contributed by atoms with Crippen LogP contribution in [0.5, 0.6) is 0 Å².